The zero-order valence-corrected chi connectivity index (χ0v) is 22.1. The lowest BCUT2D eigenvalue weighted by atomic mass is 10.1. The van der Waals surface area contributed by atoms with E-state index in [2.05, 4.69) is 32.5 Å². The number of carbonyl (C=O) groups excluding carboxylic acids is 3. The molecule has 0 saturated carbocycles. The van der Waals surface area contributed by atoms with Gasteiger partial charge in [0.1, 0.15) is 10.8 Å². The van der Waals surface area contributed by atoms with Crippen molar-refractivity contribution in [1.82, 2.24) is 19.8 Å². The second-order valence-electron chi connectivity index (χ2n) is 8.74. The summed E-state index contributed by atoms with van der Waals surface area (Å²) in [6.07, 6.45) is 1.34. The number of Topliss-reactive ketones (excluding diaryl/α,β-unsaturated/α-hetero) is 1. The van der Waals surface area contributed by atoms with Crippen molar-refractivity contribution >= 4 is 58.0 Å². The third-order valence-electron chi connectivity index (χ3n) is 5.10. The molecule has 198 valence electrons. The Morgan fingerprint density at radius 2 is 1.74 bits per heavy atom. The summed E-state index contributed by atoms with van der Waals surface area (Å²) in [5.74, 6) is -1.61. The van der Waals surface area contributed by atoms with Crippen LogP contribution in [0.25, 0.3) is 0 Å². The van der Waals surface area contributed by atoms with E-state index in [1.807, 2.05) is 19.0 Å². The number of nitrogens with one attached hydrogen (secondary N) is 3. The number of hydrogen-bond acceptors (Lipinski definition) is 9. The molecule has 0 spiro atoms. The minimum absolute atomic E-state index is 0.0702. The third kappa shape index (κ3) is 7.05. The maximum atomic E-state index is 12.7. The Balaban J connectivity index is 1.83. The van der Waals surface area contributed by atoms with E-state index in [-0.39, 0.29) is 39.7 Å². The second-order valence-corrected chi connectivity index (χ2v) is 9.15. The Morgan fingerprint density at radius 3 is 2.42 bits per heavy atom. The zero-order chi connectivity index (χ0) is 28.0. The molecule has 0 bridgehead atoms. The van der Waals surface area contributed by atoms with Crippen LogP contribution in [-0.4, -0.2) is 77.2 Å². The van der Waals surface area contributed by atoms with Gasteiger partial charge in [-0.1, -0.05) is 30.3 Å². The maximum absolute atomic E-state index is 12.7. The molecule has 38 heavy (non-hydrogen) atoms. The van der Waals surface area contributed by atoms with Crippen LogP contribution in [0.5, 0.6) is 5.75 Å². The first kappa shape index (κ1) is 28.1. The van der Waals surface area contributed by atoms with E-state index in [0.717, 1.165) is 0 Å². The maximum Gasteiger partial charge on any atom is 0.294 e. The van der Waals surface area contributed by atoms with Gasteiger partial charge in [-0.05, 0) is 44.4 Å². The molecule has 2 amide bonds. The average Bonchev–Trinajstić information content (AvgIpc) is 2.87. The van der Waals surface area contributed by atoms with Crippen molar-refractivity contribution in [2.75, 3.05) is 50.7 Å². The Morgan fingerprint density at radius 1 is 1.03 bits per heavy atom. The Kier molecular flexibility index (Phi) is 9.00. The largest absolute Gasteiger partial charge is 0.506 e. The molecule has 3 rings (SSSR count). The summed E-state index contributed by atoms with van der Waals surface area (Å²) >= 11 is 6.29. The number of hydrogen-bond donors (Lipinski definition) is 4. The lowest BCUT2D eigenvalue weighted by molar-refractivity contribution is -0.124. The van der Waals surface area contributed by atoms with E-state index < -0.39 is 11.7 Å². The van der Waals surface area contributed by atoms with Crippen LogP contribution in [0.3, 0.4) is 0 Å². The van der Waals surface area contributed by atoms with Crippen molar-refractivity contribution in [1.29, 1.82) is 0 Å². The average molecular weight is 538 g/mol. The first-order valence-corrected chi connectivity index (χ1v) is 11.7. The predicted molar refractivity (Wildman–Crippen MR) is 148 cm³/mol. The molecule has 2 aromatic carbocycles. The first-order valence-electron chi connectivity index (χ1n) is 11.3. The quantitative estimate of drug-likeness (QED) is 0.100. The summed E-state index contributed by atoms with van der Waals surface area (Å²) in [6, 6.07) is 10.9. The summed E-state index contributed by atoms with van der Waals surface area (Å²) in [5.41, 5.74) is 1.49. The summed E-state index contributed by atoms with van der Waals surface area (Å²) < 4.78 is 0. The van der Waals surface area contributed by atoms with Crippen LogP contribution in [0.1, 0.15) is 10.4 Å². The van der Waals surface area contributed by atoms with Crippen molar-refractivity contribution < 1.29 is 19.5 Å². The molecule has 0 fully saturated rings. The molecule has 11 nitrogen and oxygen atoms in total. The molecule has 3 aromatic rings. The molecule has 0 unspecified atom stereocenters. The molecule has 1 heterocycles. The van der Waals surface area contributed by atoms with Gasteiger partial charge in [0.05, 0.1) is 23.1 Å². The zero-order valence-electron chi connectivity index (χ0n) is 21.4. The highest BCUT2D eigenvalue weighted by atomic mass is 35.5. The molecular weight excluding hydrogens is 510 g/mol. The number of rotatable bonds is 10. The van der Waals surface area contributed by atoms with Gasteiger partial charge in [0, 0.05) is 31.9 Å². The highest BCUT2D eigenvalue weighted by molar-refractivity contribution is 6.43. The number of phenolic OH excluding ortho intramolecular Hbond substituents is 1. The number of likely N-dealkylation sites (N-methyl/N-ethyl adjacent to an activating group) is 2. The first-order chi connectivity index (χ1) is 18.0. The van der Waals surface area contributed by atoms with E-state index in [9.17, 15) is 19.5 Å². The van der Waals surface area contributed by atoms with Crippen LogP contribution in [0.15, 0.2) is 60.8 Å². The Hall–Kier alpha value is -4.48. The van der Waals surface area contributed by atoms with Crippen LogP contribution in [-0.2, 0) is 9.59 Å². The van der Waals surface area contributed by atoms with Gasteiger partial charge >= 0.3 is 0 Å². The van der Waals surface area contributed by atoms with Crippen molar-refractivity contribution in [3.8, 4) is 5.75 Å². The lowest BCUT2D eigenvalue weighted by Gasteiger charge is -2.15. The van der Waals surface area contributed by atoms with E-state index in [0.29, 0.717) is 23.5 Å². The number of nitrogens with zero attached hydrogens (tertiary/aromatic N) is 4. The summed E-state index contributed by atoms with van der Waals surface area (Å²) in [7, 11) is 6.64. The fourth-order valence-corrected chi connectivity index (χ4v) is 3.40. The number of benzene rings is 2. The van der Waals surface area contributed by atoms with Gasteiger partial charge in [0.15, 0.2) is 5.82 Å². The molecule has 0 saturated heterocycles. The van der Waals surface area contributed by atoms with Gasteiger partial charge < -0.3 is 30.9 Å². The summed E-state index contributed by atoms with van der Waals surface area (Å²) in [4.78, 5) is 48.8. The van der Waals surface area contributed by atoms with Gasteiger partial charge in [0.2, 0.25) is 5.95 Å². The molecule has 0 aliphatic carbocycles. The monoisotopic (exact) mass is 537 g/mol. The fourth-order valence-electron chi connectivity index (χ4n) is 3.26. The molecular formula is C26H28ClN7O4. The van der Waals surface area contributed by atoms with Crippen molar-refractivity contribution in [2.45, 2.75) is 0 Å². The van der Waals surface area contributed by atoms with Gasteiger partial charge in [-0.25, -0.2) is 4.98 Å². The van der Waals surface area contributed by atoms with E-state index >= 15 is 0 Å². The number of aromatic hydroxyl groups is 1. The highest BCUT2D eigenvalue weighted by Crippen LogP contribution is 2.31. The van der Waals surface area contributed by atoms with Crippen LogP contribution >= 0.6 is 11.6 Å². The van der Waals surface area contributed by atoms with E-state index in [1.54, 1.807) is 24.3 Å². The van der Waals surface area contributed by atoms with Crippen LogP contribution < -0.4 is 16.0 Å². The number of phenols is 1. The van der Waals surface area contributed by atoms with Crippen LogP contribution in [0.4, 0.5) is 28.8 Å². The van der Waals surface area contributed by atoms with Crippen molar-refractivity contribution in [2.24, 2.45) is 0 Å². The summed E-state index contributed by atoms with van der Waals surface area (Å²) in [6.45, 7) is 4.18. The standard InChI is InChI=1S/C26H28ClN7O4/c1-15(14-33(2)3)24(37)29-16-10-11-21(35)20(12-16)31-26-28-13-18(27)23(32-26)30-19-9-7-6-8-17(19)22(36)25(38)34(4)5/h6-13,35H,1,14H2,2-5H3,(H,29,37)(H2,28,30,31,32). The lowest BCUT2D eigenvalue weighted by Crippen LogP contribution is -2.30. The normalized spacial score (nSPS) is 10.6. The van der Waals surface area contributed by atoms with Crippen molar-refractivity contribution in [3.63, 3.8) is 0 Å². The number of carbonyl (C=O) groups is 3. The molecule has 0 radical (unpaired) electrons. The summed E-state index contributed by atoms with van der Waals surface area (Å²) in [5, 5.41) is 19.1. The van der Waals surface area contributed by atoms with Gasteiger partial charge in [-0.15, -0.1) is 0 Å². The van der Waals surface area contributed by atoms with E-state index in [4.69, 9.17) is 11.6 Å². The minimum atomic E-state index is -0.696. The Bertz CT molecular complexity index is 1390. The topological polar surface area (TPSA) is 140 Å². The number of para-hydroxylation sites is 1. The number of ketones is 1. The smallest absolute Gasteiger partial charge is 0.294 e. The van der Waals surface area contributed by atoms with Crippen LogP contribution in [0, 0.1) is 0 Å². The predicted octanol–water partition coefficient (Wildman–Crippen LogP) is 3.65. The Labute approximate surface area is 225 Å². The number of halogens is 1. The molecule has 1 aromatic heterocycles. The molecule has 0 aliphatic heterocycles. The van der Waals surface area contributed by atoms with Gasteiger partial charge in [0.25, 0.3) is 17.6 Å². The molecule has 0 aliphatic rings. The SMILES string of the molecule is C=C(CN(C)C)C(=O)Nc1ccc(O)c(Nc2ncc(Cl)c(Nc3ccccc3C(=O)C(=O)N(C)C)n2)c1. The third-order valence-corrected chi connectivity index (χ3v) is 5.37. The number of anilines is 5. The fraction of sp³-hybridized carbons (Fsp3) is 0.192. The van der Waals surface area contributed by atoms with Gasteiger partial charge in [-0.2, -0.15) is 4.98 Å². The van der Waals surface area contributed by atoms with Crippen molar-refractivity contribution in [3.05, 3.63) is 71.4 Å². The second kappa shape index (κ2) is 12.2. The van der Waals surface area contributed by atoms with E-state index in [1.165, 1.54) is 43.4 Å². The number of amides is 2. The molecule has 12 heteroatoms. The van der Waals surface area contributed by atoms with Gasteiger partial charge in [-0.3, -0.25) is 14.4 Å². The minimum Gasteiger partial charge on any atom is -0.506 e. The number of aromatic nitrogens is 2. The highest BCUT2D eigenvalue weighted by Gasteiger charge is 2.22. The molecule has 0 atom stereocenters. The van der Waals surface area contributed by atoms with Crippen LogP contribution in [0.2, 0.25) is 5.02 Å². The molecule has 4 N–H and O–H groups in total.